The van der Waals surface area contributed by atoms with E-state index in [-0.39, 0.29) is 18.2 Å². The Hall–Kier alpha value is -1.99. The normalized spacial score (nSPS) is 26.8. The second-order valence-corrected chi connectivity index (χ2v) is 6.46. The zero-order chi connectivity index (χ0) is 16.5. The molecule has 2 aromatic rings. The molecule has 0 N–H and O–H groups in total. The van der Waals surface area contributed by atoms with Crippen LogP contribution in [0.1, 0.15) is 18.6 Å². The van der Waals surface area contributed by atoms with E-state index >= 15 is 0 Å². The van der Waals surface area contributed by atoms with Crippen LogP contribution < -0.4 is 4.90 Å². The maximum atomic E-state index is 13.1. The van der Waals surface area contributed by atoms with Gasteiger partial charge in [0.25, 0.3) is 0 Å². The monoisotopic (exact) mass is 332 g/mol. The number of furan rings is 1. The number of anilines is 1. The molecule has 0 amide bonds. The Balaban J connectivity index is 1.55. The molecule has 0 unspecified atom stereocenters. The lowest BCUT2D eigenvalue weighted by atomic mass is 10.0. The third kappa shape index (κ3) is 2.89. The van der Waals surface area contributed by atoms with Crippen LogP contribution in [0.2, 0.25) is 0 Å². The van der Waals surface area contributed by atoms with Gasteiger partial charge in [0.1, 0.15) is 5.76 Å². The molecule has 2 aliphatic rings. The quantitative estimate of drug-likeness (QED) is 0.854. The van der Waals surface area contributed by atoms with Gasteiger partial charge < -0.3 is 14.1 Å². The summed E-state index contributed by atoms with van der Waals surface area (Å²) in [5, 5.41) is 0. The second kappa shape index (κ2) is 6.49. The number of halogens is 1. The van der Waals surface area contributed by atoms with Crippen molar-refractivity contribution >= 4 is 5.95 Å². The van der Waals surface area contributed by atoms with Crippen LogP contribution >= 0.6 is 0 Å². The highest BCUT2D eigenvalue weighted by Gasteiger charge is 2.46. The van der Waals surface area contributed by atoms with Crippen molar-refractivity contribution in [3.05, 3.63) is 42.4 Å². The number of ether oxygens (including phenoxy) is 1. The van der Waals surface area contributed by atoms with E-state index in [9.17, 15) is 4.39 Å². The topological polar surface area (TPSA) is 54.6 Å². The summed E-state index contributed by atoms with van der Waals surface area (Å²) < 4.78 is 24.7. The van der Waals surface area contributed by atoms with Crippen LogP contribution in [-0.2, 0) is 11.3 Å². The van der Waals surface area contributed by atoms with Crippen molar-refractivity contribution in [3.63, 3.8) is 0 Å². The molecule has 0 aliphatic carbocycles. The van der Waals surface area contributed by atoms with E-state index in [4.69, 9.17) is 9.15 Å². The lowest BCUT2D eigenvalue weighted by Crippen LogP contribution is -2.46. The minimum atomic E-state index is -0.416. The number of hydrogen-bond donors (Lipinski definition) is 0. The SMILES string of the molecule is CN(Cc1ccco1)[C@@H]1CN(c2ncc(F)cn2)[C@@H]2CCCO[C@H]12. The predicted octanol–water partition coefficient (Wildman–Crippen LogP) is 2.08. The van der Waals surface area contributed by atoms with Gasteiger partial charge in [-0.3, -0.25) is 4.90 Å². The first-order valence-electron chi connectivity index (χ1n) is 8.31. The molecule has 2 saturated heterocycles. The fraction of sp³-hybridized carbons (Fsp3) is 0.529. The van der Waals surface area contributed by atoms with Gasteiger partial charge in [-0.1, -0.05) is 0 Å². The molecule has 0 saturated carbocycles. The predicted molar refractivity (Wildman–Crippen MR) is 86.1 cm³/mol. The Kier molecular flexibility index (Phi) is 4.20. The van der Waals surface area contributed by atoms with E-state index < -0.39 is 5.82 Å². The molecule has 0 aromatic carbocycles. The summed E-state index contributed by atoms with van der Waals surface area (Å²) in [5.41, 5.74) is 0. The van der Waals surface area contributed by atoms with E-state index in [1.807, 2.05) is 12.1 Å². The minimum Gasteiger partial charge on any atom is -0.468 e. The highest BCUT2D eigenvalue weighted by atomic mass is 19.1. The summed E-state index contributed by atoms with van der Waals surface area (Å²) in [5.74, 6) is 1.09. The van der Waals surface area contributed by atoms with Crippen molar-refractivity contribution in [1.29, 1.82) is 0 Å². The first kappa shape index (κ1) is 15.5. The van der Waals surface area contributed by atoms with E-state index in [0.29, 0.717) is 5.95 Å². The van der Waals surface area contributed by atoms with Crippen LogP contribution in [0.15, 0.2) is 35.2 Å². The smallest absolute Gasteiger partial charge is 0.225 e. The molecule has 24 heavy (non-hydrogen) atoms. The molecule has 2 aliphatic heterocycles. The Morgan fingerprint density at radius 2 is 2.21 bits per heavy atom. The molecule has 2 aromatic heterocycles. The van der Waals surface area contributed by atoms with Gasteiger partial charge in [0.15, 0.2) is 5.82 Å². The van der Waals surface area contributed by atoms with E-state index in [0.717, 1.165) is 38.3 Å². The zero-order valence-corrected chi connectivity index (χ0v) is 13.6. The van der Waals surface area contributed by atoms with Gasteiger partial charge in [0.2, 0.25) is 5.95 Å². The number of rotatable bonds is 4. The summed E-state index contributed by atoms with van der Waals surface area (Å²) >= 11 is 0. The highest BCUT2D eigenvalue weighted by molar-refractivity contribution is 5.36. The minimum absolute atomic E-state index is 0.104. The Morgan fingerprint density at radius 3 is 2.96 bits per heavy atom. The molecule has 7 heteroatoms. The molecule has 6 nitrogen and oxygen atoms in total. The van der Waals surface area contributed by atoms with Crippen LogP contribution in [-0.4, -0.2) is 53.3 Å². The fourth-order valence-electron chi connectivity index (χ4n) is 3.77. The average Bonchev–Trinajstić information content (AvgIpc) is 3.23. The van der Waals surface area contributed by atoms with Crippen LogP contribution in [0.25, 0.3) is 0 Å². The van der Waals surface area contributed by atoms with Gasteiger partial charge in [-0.25, -0.2) is 14.4 Å². The maximum Gasteiger partial charge on any atom is 0.225 e. The maximum absolute atomic E-state index is 13.1. The number of aromatic nitrogens is 2. The van der Waals surface area contributed by atoms with Crippen LogP contribution in [0.3, 0.4) is 0 Å². The first-order chi connectivity index (χ1) is 11.7. The molecule has 0 spiro atoms. The average molecular weight is 332 g/mol. The zero-order valence-electron chi connectivity index (χ0n) is 13.6. The summed E-state index contributed by atoms with van der Waals surface area (Å²) in [6.07, 6.45) is 6.30. The Labute approximate surface area is 140 Å². The molecule has 0 bridgehead atoms. The van der Waals surface area contributed by atoms with Crippen LogP contribution in [0.4, 0.5) is 10.3 Å². The molecule has 128 valence electrons. The van der Waals surface area contributed by atoms with Gasteiger partial charge in [-0.2, -0.15) is 0 Å². The van der Waals surface area contributed by atoms with Crippen molar-refractivity contribution in [2.24, 2.45) is 0 Å². The number of likely N-dealkylation sites (N-methyl/N-ethyl adjacent to an activating group) is 1. The molecule has 3 atom stereocenters. The standard InChI is InChI=1S/C17H21FN4O2/c1-21(10-13-4-2-6-23-13)15-11-22(14-5-3-7-24-16(14)15)17-19-8-12(18)9-20-17/h2,4,6,8-9,14-16H,3,5,7,10-11H2,1H3/t14-,15-,16+/m1/s1. The first-order valence-corrected chi connectivity index (χ1v) is 8.31. The number of nitrogens with zero attached hydrogens (tertiary/aromatic N) is 4. The number of fused-ring (bicyclic) bond motifs is 1. The van der Waals surface area contributed by atoms with Crippen molar-refractivity contribution in [2.45, 2.75) is 37.6 Å². The molecule has 4 heterocycles. The molecule has 2 fully saturated rings. The largest absolute Gasteiger partial charge is 0.468 e. The van der Waals surface area contributed by atoms with Gasteiger partial charge in [0.05, 0.1) is 43.4 Å². The summed E-state index contributed by atoms with van der Waals surface area (Å²) in [4.78, 5) is 12.8. The van der Waals surface area contributed by atoms with Gasteiger partial charge in [-0.15, -0.1) is 0 Å². The Morgan fingerprint density at radius 1 is 1.38 bits per heavy atom. The fourth-order valence-corrected chi connectivity index (χ4v) is 3.77. The van der Waals surface area contributed by atoms with Crippen molar-refractivity contribution in [3.8, 4) is 0 Å². The third-order valence-electron chi connectivity index (χ3n) is 4.91. The second-order valence-electron chi connectivity index (χ2n) is 6.46. The molecular weight excluding hydrogens is 311 g/mol. The van der Waals surface area contributed by atoms with Gasteiger partial charge >= 0.3 is 0 Å². The van der Waals surface area contributed by atoms with E-state index in [2.05, 4.69) is 26.8 Å². The highest BCUT2D eigenvalue weighted by Crippen LogP contribution is 2.33. The summed E-state index contributed by atoms with van der Waals surface area (Å²) in [6.45, 7) is 2.27. The number of hydrogen-bond acceptors (Lipinski definition) is 6. The lowest BCUT2D eigenvalue weighted by Gasteiger charge is -2.34. The molecule has 0 radical (unpaired) electrons. The van der Waals surface area contributed by atoms with Crippen molar-refractivity contribution < 1.29 is 13.5 Å². The summed E-state index contributed by atoms with van der Waals surface area (Å²) in [7, 11) is 2.08. The lowest BCUT2D eigenvalue weighted by molar-refractivity contribution is -0.0256. The van der Waals surface area contributed by atoms with Gasteiger partial charge in [-0.05, 0) is 32.0 Å². The van der Waals surface area contributed by atoms with E-state index in [1.165, 1.54) is 12.4 Å². The van der Waals surface area contributed by atoms with Crippen LogP contribution in [0.5, 0.6) is 0 Å². The van der Waals surface area contributed by atoms with Crippen LogP contribution in [0, 0.1) is 5.82 Å². The molecule has 4 rings (SSSR count). The van der Waals surface area contributed by atoms with Gasteiger partial charge in [0, 0.05) is 13.2 Å². The van der Waals surface area contributed by atoms with Crippen molar-refractivity contribution in [1.82, 2.24) is 14.9 Å². The third-order valence-corrected chi connectivity index (χ3v) is 4.91. The summed E-state index contributed by atoms with van der Waals surface area (Å²) in [6, 6.07) is 4.32. The van der Waals surface area contributed by atoms with E-state index in [1.54, 1.807) is 6.26 Å². The molecular formula is C17H21FN4O2. The Bertz CT molecular complexity index is 664. The van der Waals surface area contributed by atoms with Crippen molar-refractivity contribution in [2.75, 3.05) is 25.1 Å².